The first-order chi connectivity index (χ1) is 8.18. The SMILES string of the molecule is O=[N+]([O-])c1ccc(N(Cl)c2ccccc2)cc1. The fraction of sp³-hybridized carbons (Fsp3) is 0. The molecule has 0 atom stereocenters. The molecule has 4 nitrogen and oxygen atoms in total. The molecule has 0 aliphatic carbocycles. The Hall–Kier alpha value is -2.07. The average Bonchev–Trinajstić information content (AvgIpc) is 2.39. The van der Waals surface area contributed by atoms with E-state index in [2.05, 4.69) is 0 Å². The zero-order valence-corrected chi connectivity index (χ0v) is 9.54. The minimum Gasteiger partial charge on any atom is -0.258 e. The minimum absolute atomic E-state index is 0.0480. The first-order valence-corrected chi connectivity index (χ1v) is 5.28. The third-order valence-corrected chi connectivity index (χ3v) is 2.66. The molecule has 2 rings (SSSR count). The maximum absolute atomic E-state index is 10.5. The van der Waals surface area contributed by atoms with Crippen LogP contribution in [0.2, 0.25) is 0 Å². The highest BCUT2D eigenvalue weighted by molar-refractivity contribution is 6.29. The first-order valence-electron chi connectivity index (χ1n) is 4.94. The second kappa shape index (κ2) is 4.84. The van der Waals surface area contributed by atoms with Crippen LogP contribution >= 0.6 is 11.8 Å². The van der Waals surface area contributed by atoms with Crippen molar-refractivity contribution in [2.75, 3.05) is 4.42 Å². The monoisotopic (exact) mass is 248 g/mol. The number of nitro groups is 1. The largest absolute Gasteiger partial charge is 0.269 e. The van der Waals surface area contributed by atoms with Gasteiger partial charge in [0.2, 0.25) is 0 Å². The fourth-order valence-electron chi connectivity index (χ4n) is 1.41. The third kappa shape index (κ3) is 2.54. The van der Waals surface area contributed by atoms with Crippen LogP contribution in [0.15, 0.2) is 54.6 Å². The van der Waals surface area contributed by atoms with E-state index in [1.807, 2.05) is 30.3 Å². The molecule has 0 aliphatic heterocycles. The highest BCUT2D eigenvalue weighted by Gasteiger charge is 2.08. The summed E-state index contributed by atoms with van der Waals surface area (Å²) in [6, 6.07) is 15.4. The Labute approximate surface area is 103 Å². The second-order valence-electron chi connectivity index (χ2n) is 3.39. The van der Waals surface area contributed by atoms with Crippen molar-refractivity contribution in [2.45, 2.75) is 0 Å². The summed E-state index contributed by atoms with van der Waals surface area (Å²) < 4.78 is 1.45. The highest BCUT2D eigenvalue weighted by atomic mass is 35.5. The number of nitro benzene ring substituents is 1. The molecule has 0 radical (unpaired) electrons. The minimum atomic E-state index is -0.440. The molecule has 5 heteroatoms. The van der Waals surface area contributed by atoms with Crippen molar-refractivity contribution in [3.05, 3.63) is 64.7 Å². The predicted octanol–water partition coefficient (Wildman–Crippen LogP) is 3.89. The van der Waals surface area contributed by atoms with Gasteiger partial charge in [0.05, 0.1) is 16.3 Å². The van der Waals surface area contributed by atoms with Gasteiger partial charge in [-0.25, -0.2) is 0 Å². The first kappa shape index (κ1) is 11.4. The van der Waals surface area contributed by atoms with Crippen LogP contribution in [0, 0.1) is 10.1 Å². The van der Waals surface area contributed by atoms with Crippen LogP contribution in [0.5, 0.6) is 0 Å². The van der Waals surface area contributed by atoms with Crippen LogP contribution in [-0.2, 0) is 0 Å². The summed E-state index contributed by atoms with van der Waals surface area (Å²) in [5, 5.41) is 10.5. The van der Waals surface area contributed by atoms with Crippen molar-refractivity contribution >= 4 is 28.8 Å². The van der Waals surface area contributed by atoms with Crippen LogP contribution in [0.3, 0.4) is 0 Å². The third-order valence-electron chi connectivity index (χ3n) is 2.27. The van der Waals surface area contributed by atoms with Gasteiger partial charge in [0.15, 0.2) is 0 Å². The average molecular weight is 249 g/mol. The van der Waals surface area contributed by atoms with Gasteiger partial charge < -0.3 is 0 Å². The molecule has 0 N–H and O–H groups in total. The predicted molar refractivity (Wildman–Crippen MR) is 67.5 cm³/mol. The van der Waals surface area contributed by atoms with Crippen molar-refractivity contribution < 1.29 is 4.92 Å². The zero-order chi connectivity index (χ0) is 12.3. The molecule has 0 saturated carbocycles. The van der Waals surface area contributed by atoms with Crippen LogP contribution in [-0.4, -0.2) is 4.92 Å². The molecule has 0 bridgehead atoms. The van der Waals surface area contributed by atoms with Crippen molar-refractivity contribution in [3.8, 4) is 0 Å². The van der Waals surface area contributed by atoms with Gasteiger partial charge in [-0.1, -0.05) is 18.2 Å². The van der Waals surface area contributed by atoms with Crippen molar-refractivity contribution in [3.63, 3.8) is 0 Å². The van der Waals surface area contributed by atoms with E-state index in [1.54, 1.807) is 12.1 Å². The number of anilines is 2. The number of benzene rings is 2. The summed E-state index contributed by atoms with van der Waals surface area (Å²) in [7, 11) is 0. The van der Waals surface area contributed by atoms with Gasteiger partial charge in [-0.05, 0) is 24.3 Å². The molecule has 2 aromatic carbocycles. The molecular weight excluding hydrogens is 240 g/mol. The number of para-hydroxylation sites is 1. The van der Waals surface area contributed by atoms with Crippen LogP contribution in [0.4, 0.5) is 17.1 Å². The lowest BCUT2D eigenvalue weighted by molar-refractivity contribution is -0.384. The molecule has 0 saturated heterocycles. The van der Waals surface area contributed by atoms with E-state index < -0.39 is 4.92 Å². The molecule has 17 heavy (non-hydrogen) atoms. The van der Waals surface area contributed by atoms with Crippen molar-refractivity contribution in [1.29, 1.82) is 0 Å². The van der Waals surface area contributed by atoms with Gasteiger partial charge in [-0.2, -0.15) is 0 Å². The summed E-state index contributed by atoms with van der Waals surface area (Å²) in [4.78, 5) is 10.1. The Bertz CT molecular complexity index is 514. The van der Waals surface area contributed by atoms with E-state index in [0.29, 0.717) is 5.69 Å². The van der Waals surface area contributed by atoms with E-state index in [-0.39, 0.29) is 5.69 Å². The zero-order valence-electron chi connectivity index (χ0n) is 8.79. The summed E-state index contributed by atoms with van der Waals surface area (Å²) in [5.41, 5.74) is 1.54. The quantitative estimate of drug-likeness (QED) is 0.470. The number of hydrogen-bond acceptors (Lipinski definition) is 3. The molecular formula is C12H9ClN2O2. The number of non-ortho nitro benzene ring substituents is 1. The smallest absolute Gasteiger partial charge is 0.258 e. The topological polar surface area (TPSA) is 46.4 Å². The second-order valence-corrected chi connectivity index (χ2v) is 3.73. The maximum Gasteiger partial charge on any atom is 0.269 e. The fourth-order valence-corrected chi connectivity index (χ4v) is 1.64. The van der Waals surface area contributed by atoms with Gasteiger partial charge in [0.1, 0.15) is 0 Å². The molecule has 86 valence electrons. The number of halogens is 1. The summed E-state index contributed by atoms with van der Waals surface area (Å²) in [6.07, 6.45) is 0. The Kier molecular flexibility index (Phi) is 3.25. The lowest BCUT2D eigenvalue weighted by Gasteiger charge is -2.15. The van der Waals surface area contributed by atoms with Crippen molar-refractivity contribution in [2.24, 2.45) is 0 Å². The van der Waals surface area contributed by atoms with E-state index in [0.717, 1.165) is 5.69 Å². The van der Waals surface area contributed by atoms with E-state index in [9.17, 15) is 10.1 Å². The van der Waals surface area contributed by atoms with E-state index in [4.69, 9.17) is 11.8 Å². The summed E-state index contributed by atoms with van der Waals surface area (Å²) in [6.45, 7) is 0. The van der Waals surface area contributed by atoms with Crippen LogP contribution < -0.4 is 4.42 Å². The number of rotatable bonds is 3. The molecule has 0 unspecified atom stereocenters. The lowest BCUT2D eigenvalue weighted by Crippen LogP contribution is -2.01. The van der Waals surface area contributed by atoms with Crippen LogP contribution in [0.25, 0.3) is 0 Å². The van der Waals surface area contributed by atoms with E-state index >= 15 is 0 Å². The Morgan fingerprint density at radius 1 is 0.941 bits per heavy atom. The molecule has 0 heterocycles. The van der Waals surface area contributed by atoms with Crippen LogP contribution in [0.1, 0.15) is 0 Å². The highest BCUT2D eigenvalue weighted by Crippen LogP contribution is 2.28. The molecule has 0 amide bonds. The standard InChI is InChI=1S/C12H9ClN2O2/c13-14(10-4-2-1-3-5-10)11-6-8-12(9-7-11)15(16)17/h1-9H. The number of hydrogen-bond donors (Lipinski definition) is 0. The molecule has 2 aromatic rings. The van der Waals surface area contributed by atoms with Gasteiger partial charge >= 0.3 is 0 Å². The molecule has 0 aliphatic rings. The van der Waals surface area contributed by atoms with Gasteiger partial charge in [0, 0.05) is 23.9 Å². The van der Waals surface area contributed by atoms with Gasteiger partial charge in [-0.3, -0.25) is 14.5 Å². The molecule has 0 fully saturated rings. The van der Waals surface area contributed by atoms with E-state index in [1.165, 1.54) is 16.6 Å². The lowest BCUT2D eigenvalue weighted by atomic mass is 10.2. The normalized spacial score (nSPS) is 9.94. The Morgan fingerprint density at radius 2 is 1.47 bits per heavy atom. The molecule has 0 spiro atoms. The van der Waals surface area contributed by atoms with Gasteiger partial charge in [0.25, 0.3) is 5.69 Å². The number of nitrogens with zero attached hydrogens (tertiary/aromatic N) is 2. The van der Waals surface area contributed by atoms with Gasteiger partial charge in [-0.15, -0.1) is 0 Å². The molecule has 0 aromatic heterocycles. The Balaban J connectivity index is 2.26. The Morgan fingerprint density at radius 3 is 2.00 bits per heavy atom. The van der Waals surface area contributed by atoms with Crippen molar-refractivity contribution in [1.82, 2.24) is 0 Å². The maximum atomic E-state index is 10.5. The summed E-state index contributed by atoms with van der Waals surface area (Å²) >= 11 is 6.13. The summed E-state index contributed by atoms with van der Waals surface area (Å²) in [5.74, 6) is 0.